The third kappa shape index (κ3) is 4.75. The van der Waals surface area contributed by atoms with Gasteiger partial charge in [0.25, 0.3) is 0 Å². The molecule has 0 aromatic heterocycles. The number of rotatable bonds is 5. The molecule has 1 aliphatic rings. The number of nitrogens with zero attached hydrogens (tertiary/aromatic N) is 1. The molecule has 0 aromatic rings. The van der Waals surface area contributed by atoms with Gasteiger partial charge in [-0.2, -0.15) is 11.8 Å². The van der Waals surface area contributed by atoms with Gasteiger partial charge in [0.15, 0.2) is 0 Å². The van der Waals surface area contributed by atoms with E-state index in [0.717, 1.165) is 6.54 Å². The van der Waals surface area contributed by atoms with Gasteiger partial charge in [0.05, 0.1) is 0 Å². The van der Waals surface area contributed by atoms with Crippen molar-refractivity contribution in [3.05, 3.63) is 0 Å². The maximum Gasteiger partial charge on any atom is 0.0278 e. The first-order valence-electron chi connectivity index (χ1n) is 7.33. The van der Waals surface area contributed by atoms with E-state index in [1.165, 1.54) is 31.0 Å². The molecule has 0 saturated carbocycles. The number of thioether (sulfide) groups is 1. The first-order chi connectivity index (χ1) is 8.27. The fraction of sp³-hybridized carbons (Fsp3) is 1.00. The molecule has 1 N–H and O–H groups in total. The van der Waals surface area contributed by atoms with E-state index in [2.05, 4.69) is 63.5 Å². The van der Waals surface area contributed by atoms with Crippen molar-refractivity contribution in [3.63, 3.8) is 0 Å². The molecule has 1 unspecified atom stereocenters. The Morgan fingerprint density at radius 1 is 1.33 bits per heavy atom. The van der Waals surface area contributed by atoms with E-state index in [9.17, 15) is 0 Å². The fourth-order valence-electron chi connectivity index (χ4n) is 2.49. The molecule has 0 radical (unpaired) electrons. The topological polar surface area (TPSA) is 15.3 Å². The van der Waals surface area contributed by atoms with Crippen LogP contribution in [0.1, 0.15) is 48.0 Å². The molecule has 1 saturated heterocycles. The first kappa shape index (κ1) is 16.3. The summed E-state index contributed by atoms with van der Waals surface area (Å²) in [6.45, 7) is 17.5. The summed E-state index contributed by atoms with van der Waals surface area (Å²) in [6, 6.07) is 0.615. The van der Waals surface area contributed by atoms with Crippen molar-refractivity contribution in [3.8, 4) is 0 Å². The molecule has 0 aromatic carbocycles. The highest BCUT2D eigenvalue weighted by Crippen LogP contribution is 2.27. The molecule has 3 heteroatoms. The van der Waals surface area contributed by atoms with E-state index < -0.39 is 0 Å². The molecule has 1 aliphatic heterocycles. The lowest BCUT2D eigenvalue weighted by Crippen LogP contribution is -2.64. The van der Waals surface area contributed by atoms with Crippen LogP contribution in [-0.4, -0.2) is 47.6 Å². The molecule has 0 bridgehead atoms. The van der Waals surface area contributed by atoms with Gasteiger partial charge < -0.3 is 5.32 Å². The van der Waals surface area contributed by atoms with E-state index in [1.54, 1.807) is 0 Å². The highest BCUT2D eigenvalue weighted by molar-refractivity contribution is 7.99. The molecule has 18 heavy (non-hydrogen) atoms. The van der Waals surface area contributed by atoms with Gasteiger partial charge in [0.1, 0.15) is 0 Å². The Morgan fingerprint density at radius 3 is 2.56 bits per heavy atom. The molecule has 1 fully saturated rings. The third-order valence-electron chi connectivity index (χ3n) is 4.01. The molecule has 1 heterocycles. The fourth-order valence-corrected chi connectivity index (χ4v) is 3.11. The van der Waals surface area contributed by atoms with E-state index in [1.807, 2.05) is 0 Å². The summed E-state index contributed by atoms with van der Waals surface area (Å²) in [6.07, 6.45) is 1.32. The van der Waals surface area contributed by atoms with Crippen LogP contribution in [0.4, 0.5) is 0 Å². The second kappa shape index (κ2) is 6.62. The summed E-state index contributed by atoms with van der Waals surface area (Å²) in [7, 11) is 0. The second-order valence-electron chi connectivity index (χ2n) is 7.11. The Balaban J connectivity index is 2.50. The Kier molecular flexibility index (Phi) is 6.01. The lowest BCUT2D eigenvalue weighted by molar-refractivity contribution is 0.0364. The van der Waals surface area contributed by atoms with Crippen LogP contribution in [0.5, 0.6) is 0 Å². The van der Waals surface area contributed by atoms with Crippen LogP contribution in [0, 0.1) is 5.41 Å². The Morgan fingerprint density at radius 2 is 2.00 bits per heavy atom. The molecule has 1 atom stereocenters. The molecule has 1 rings (SSSR count). The van der Waals surface area contributed by atoms with Gasteiger partial charge >= 0.3 is 0 Å². The van der Waals surface area contributed by atoms with Gasteiger partial charge in [-0.1, -0.05) is 27.7 Å². The van der Waals surface area contributed by atoms with Crippen molar-refractivity contribution < 1.29 is 0 Å². The third-order valence-corrected chi connectivity index (χ3v) is 4.99. The standard InChI is InChI=1S/C15H32N2S/c1-7-18-10-8-9-17-11-13(14(2,3)4)16-12-15(17,5)6/h13,16H,7-12H2,1-6H3. The van der Waals surface area contributed by atoms with Crippen molar-refractivity contribution >= 4 is 11.8 Å². The van der Waals surface area contributed by atoms with Crippen LogP contribution in [0.3, 0.4) is 0 Å². The minimum atomic E-state index is 0.304. The van der Waals surface area contributed by atoms with Crippen molar-refractivity contribution in [2.75, 3.05) is 31.1 Å². The largest absolute Gasteiger partial charge is 0.310 e. The SMILES string of the molecule is CCSCCCN1CC(C(C)(C)C)NCC1(C)C. The highest BCUT2D eigenvalue weighted by Gasteiger charge is 2.37. The molecule has 0 spiro atoms. The molecule has 2 nitrogen and oxygen atoms in total. The zero-order chi connectivity index (χ0) is 13.8. The summed E-state index contributed by atoms with van der Waals surface area (Å²) in [5.41, 5.74) is 0.658. The second-order valence-corrected chi connectivity index (χ2v) is 8.50. The minimum absolute atomic E-state index is 0.304. The van der Waals surface area contributed by atoms with Crippen molar-refractivity contribution in [1.82, 2.24) is 10.2 Å². The van der Waals surface area contributed by atoms with Crippen LogP contribution in [-0.2, 0) is 0 Å². The van der Waals surface area contributed by atoms with Crippen molar-refractivity contribution in [2.24, 2.45) is 5.41 Å². The number of hydrogen-bond acceptors (Lipinski definition) is 3. The van der Waals surface area contributed by atoms with Gasteiger partial charge in [-0.15, -0.1) is 0 Å². The highest BCUT2D eigenvalue weighted by atomic mass is 32.2. The lowest BCUT2D eigenvalue weighted by atomic mass is 9.83. The predicted octanol–water partition coefficient (Wildman–Crippen LogP) is 3.23. The maximum atomic E-state index is 3.73. The van der Waals surface area contributed by atoms with Crippen LogP contribution in [0.15, 0.2) is 0 Å². The normalized spacial score (nSPS) is 25.3. The summed E-state index contributed by atoms with van der Waals surface area (Å²) in [5, 5.41) is 3.73. The van der Waals surface area contributed by atoms with Gasteiger partial charge in [-0.3, -0.25) is 4.90 Å². The molecule has 0 amide bonds. The maximum absolute atomic E-state index is 3.73. The average molecular weight is 273 g/mol. The van der Waals surface area contributed by atoms with Crippen LogP contribution in [0.25, 0.3) is 0 Å². The van der Waals surface area contributed by atoms with E-state index in [-0.39, 0.29) is 0 Å². The Labute approximate surface area is 118 Å². The van der Waals surface area contributed by atoms with Crippen molar-refractivity contribution in [2.45, 2.75) is 59.5 Å². The first-order valence-corrected chi connectivity index (χ1v) is 8.49. The smallest absolute Gasteiger partial charge is 0.0278 e. The summed E-state index contributed by atoms with van der Waals surface area (Å²) < 4.78 is 0. The average Bonchev–Trinajstić information content (AvgIpc) is 2.24. The van der Waals surface area contributed by atoms with E-state index >= 15 is 0 Å². The van der Waals surface area contributed by atoms with E-state index in [4.69, 9.17) is 0 Å². The monoisotopic (exact) mass is 272 g/mol. The Hall–Kier alpha value is 0.270. The lowest BCUT2D eigenvalue weighted by Gasteiger charge is -2.49. The van der Waals surface area contributed by atoms with Gasteiger partial charge in [0, 0.05) is 24.7 Å². The van der Waals surface area contributed by atoms with Crippen LogP contribution >= 0.6 is 11.8 Å². The van der Waals surface area contributed by atoms with Crippen LogP contribution in [0.2, 0.25) is 0 Å². The number of nitrogens with one attached hydrogen (secondary N) is 1. The molecule has 108 valence electrons. The van der Waals surface area contributed by atoms with Gasteiger partial charge in [-0.25, -0.2) is 0 Å². The minimum Gasteiger partial charge on any atom is -0.310 e. The van der Waals surface area contributed by atoms with Gasteiger partial charge in [0.2, 0.25) is 0 Å². The van der Waals surface area contributed by atoms with Crippen molar-refractivity contribution in [1.29, 1.82) is 0 Å². The molecule has 0 aliphatic carbocycles. The Bertz CT molecular complexity index is 245. The van der Waals surface area contributed by atoms with Crippen LogP contribution < -0.4 is 5.32 Å². The zero-order valence-electron chi connectivity index (χ0n) is 13.2. The van der Waals surface area contributed by atoms with Gasteiger partial charge in [-0.05, 0) is 43.7 Å². The molecular formula is C15H32N2S. The summed E-state index contributed by atoms with van der Waals surface area (Å²) >= 11 is 2.06. The number of hydrogen-bond donors (Lipinski definition) is 1. The summed E-state index contributed by atoms with van der Waals surface area (Å²) in [4.78, 5) is 2.69. The number of piperazine rings is 1. The zero-order valence-corrected chi connectivity index (χ0v) is 14.0. The quantitative estimate of drug-likeness (QED) is 0.774. The predicted molar refractivity (Wildman–Crippen MR) is 84.5 cm³/mol. The van der Waals surface area contributed by atoms with E-state index in [0.29, 0.717) is 17.0 Å². The summed E-state index contributed by atoms with van der Waals surface area (Å²) in [5.74, 6) is 2.55. The molecular weight excluding hydrogens is 240 g/mol.